The molecule has 0 aliphatic heterocycles. The van der Waals surface area contributed by atoms with Crippen molar-refractivity contribution >= 4 is 23.0 Å². The van der Waals surface area contributed by atoms with Crippen LogP contribution in [0.2, 0.25) is 0 Å². The molecule has 1 aromatic carbocycles. The molecule has 0 aliphatic carbocycles. The maximum atomic E-state index is 11.7. The normalized spacial score (nSPS) is 11.2. The Hall–Kier alpha value is -1.88. The molecule has 0 saturated carbocycles. The Morgan fingerprint density at radius 2 is 2.05 bits per heavy atom. The lowest BCUT2D eigenvalue weighted by atomic mass is 9.98. The zero-order valence-corrected chi connectivity index (χ0v) is 13.6. The lowest BCUT2D eigenvalue weighted by Crippen LogP contribution is -2.09. The molecule has 0 amide bonds. The van der Waals surface area contributed by atoms with Crippen LogP contribution in [-0.2, 0) is 16.7 Å². The predicted octanol–water partition coefficient (Wildman–Crippen LogP) is 3.84. The second kappa shape index (κ2) is 6.26. The smallest absolute Gasteiger partial charge is 0.339 e. The molecule has 4 nitrogen and oxygen atoms in total. The number of methoxy groups -OCH3 is 1. The topological polar surface area (TPSA) is 51.2 Å². The van der Waals surface area contributed by atoms with E-state index in [1.165, 1.54) is 7.11 Å². The van der Waals surface area contributed by atoms with Crippen molar-refractivity contribution < 1.29 is 9.53 Å². The molecule has 0 bridgehead atoms. The molecular weight excluding hydrogens is 284 g/mol. The Morgan fingerprint density at radius 1 is 1.33 bits per heavy atom. The van der Waals surface area contributed by atoms with Gasteiger partial charge in [0.25, 0.3) is 0 Å². The molecule has 0 aliphatic rings. The van der Waals surface area contributed by atoms with E-state index in [4.69, 9.17) is 4.74 Å². The lowest BCUT2D eigenvalue weighted by Gasteiger charge is -2.13. The van der Waals surface area contributed by atoms with Crippen molar-refractivity contribution in [2.45, 2.75) is 32.7 Å². The van der Waals surface area contributed by atoms with Crippen LogP contribution < -0.4 is 5.32 Å². The number of anilines is 1. The van der Waals surface area contributed by atoms with Gasteiger partial charge in [-0.05, 0) is 12.1 Å². The van der Waals surface area contributed by atoms with Gasteiger partial charge < -0.3 is 10.1 Å². The minimum atomic E-state index is -0.335. The molecule has 2 rings (SSSR count). The SMILES string of the molecule is COC(=O)c1ccccc1NCc1cnc(C(C)(C)C)s1. The quantitative estimate of drug-likeness (QED) is 0.872. The van der Waals surface area contributed by atoms with Crippen LogP contribution in [0.3, 0.4) is 0 Å². The highest BCUT2D eigenvalue weighted by Crippen LogP contribution is 2.27. The summed E-state index contributed by atoms with van der Waals surface area (Å²) < 4.78 is 4.79. The van der Waals surface area contributed by atoms with E-state index in [0.717, 1.165) is 15.6 Å². The third kappa shape index (κ3) is 3.82. The van der Waals surface area contributed by atoms with Gasteiger partial charge in [0.2, 0.25) is 0 Å². The molecule has 2 aromatic rings. The van der Waals surface area contributed by atoms with Crippen LogP contribution in [0, 0.1) is 0 Å². The second-order valence-corrected chi connectivity index (χ2v) is 6.89. The zero-order valence-electron chi connectivity index (χ0n) is 12.8. The summed E-state index contributed by atoms with van der Waals surface area (Å²) in [6.07, 6.45) is 1.89. The van der Waals surface area contributed by atoms with Gasteiger partial charge in [0.05, 0.1) is 24.2 Å². The summed E-state index contributed by atoms with van der Waals surface area (Å²) >= 11 is 1.69. The standard InChI is InChI=1S/C16H20N2O2S/c1-16(2,3)15-18-10-11(21-15)9-17-13-8-6-5-7-12(13)14(19)20-4/h5-8,10,17H,9H2,1-4H3. The monoisotopic (exact) mass is 304 g/mol. The first-order valence-electron chi connectivity index (χ1n) is 6.78. The molecule has 0 spiro atoms. The minimum Gasteiger partial charge on any atom is -0.465 e. The van der Waals surface area contributed by atoms with Gasteiger partial charge in [0, 0.05) is 22.2 Å². The minimum absolute atomic E-state index is 0.0623. The highest BCUT2D eigenvalue weighted by Gasteiger charge is 2.18. The molecule has 1 aromatic heterocycles. The molecular formula is C16H20N2O2S. The summed E-state index contributed by atoms with van der Waals surface area (Å²) in [7, 11) is 1.39. The number of carbonyl (C=O) groups is 1. The summed E-state index contributed by atoms with van der Waals surface area (Å²) in [5.74, 6) is -0.335. The van der Waals surface area contributed by atoms with Crippen LogP contribution in [-0.4, -0.2) is 18.1 Å². The van der Waals surface area contributed by atoms with Gasteiger partial charge >= 0.3 is 5.97 Å². The maximum absolute atomic E-state index is 11.7. The van der Waals surface area contributed by atoms with E-state index < -0.39 is 0 Å². The molecule has 0 fully saturated rings. The van der Waals surface area contributed by atoms with Crippen molar-refractivity contribution in [3.8, 4) is 0 Å². The van der Waals surface area contributed by atoms with Crippen LogP contribution in [0.4, 0.5) is 5.69 Å². The van der Waals surface area contributed by atoms with Crippen LogP contribution in [0.5, 0.6) is 0 Å². The van der Waals surface area contributed by atoms with E-state index in [0.29, 0.717) is 12.1 Å². The first kappa shape index (κ1) is 15.5. The summed E-state index contributed by atoms with van der Waals surface area (Å²) in [5, 5.41) is 4.39. The highest BCUT2D eigenvalue weighted by atomic mass is 32.1. The Labute approximate surface area is 129 Å². The Balaban J connectivity index is 2.10. The number of aromatic nitrogens is 1. The number of esters is 1. The third-order valence-electron chi connectivity index (χ3n) is 2.98. The van der Waals surface area contributed by atoms with Gasteiger partial charge in [-0.15, -0.1) is 11.3 Å². The number of carbonyl (C=O) groups excluding carboxylic acids is 1. The van der Waals surface area contributed by atoms with Crippen molar-refractivity contribution in [3.63, 3.8) is 0 Å². The number of benzene rings is 1. The molecule has 0 radical (unpaired) electrons. The van der Waals surface area contributed by atoms with E-state index in [1.807, 2.05) is 24.4 Å². The Bertz CT molecular complexity index is 629. The van der Waals surface area contributed by atoms with Gasteiger partial charge in [0.15, 0.2) is 0 Å². The summed E-state index contributed by atoms with van der Waals surface area (Å²) in [5.41, 5.74) is 1.38. The number of para-hydroxylation sites is 1. The number of nitrogens with zero attached hydrogens (tertiary/aromatic N) is 1. The molecule has 0 saturated heterocycles. The average molecular weight is 304 g/mol. The van der Waals surface area contributed by atoms with E-state index in [1.54, 1.807) is 17.4 Å². The fourth-order valence-electron chi connectivity index (χ4n) is 1.84. The molecule has 0 unspecified atom stereocenters. The molecule has 1 N–H and O–H groups in total. The Morgan fingerprint density at radius 3 is 2.67 bits per heavy atom. The first-order chi connectivity index (χ1) is 9.91. The first-order valence-corrected chi connectivity index (χ1v) is 7.60. The molecule has 21 heavy (non-hydrogen) atoms. The molecule has 1 heterocycles. The molecule has 0 atom stereocenters. The van der Waals surface area contributed by atoms with E-state index in [-0.39, 0.29) is 11.4 Å². The van der Waals surface area contributed by atoms with E-state index in [9.17, 15) is 4.79 Å². The van der Waals surface area contributed by atoms with Crippen molar-refractivity contribution in [1.29, 1.82) is 0 Å². The number of rotatable bonds is 4. The van der Waals surface area contributed by atoms with Crippen molar-refractivity contribution in [2.24, 2.45) is 0 Å². The number of hydrogen-bond donors (Lipinski definition) is 1. The maximum Gasteiger partial charge on any atom is 0.339 e. The van der Waals surface area contributed by atoms with E-state index in [2.05, 4.69) is 31.1 Å². The molecule has 5 heteroatoms. The number of hydrogen-bond acceptors (Lipinski definition) is 5. The van der Waals surface area contributed by atoms with Crippen LogP contribution in [0.15, 0.2) is 30.5 Å². The van der Waals surface area contributed by atoms with Crippen LogP contribution in [0.25, 0.3) is 0 Å². The second-order valence-electron chi connectivity index (χ2n) is 5.77. The van der Waals surface area contributed by atoms with Crippen molar-refractivity contribution in [1.82, 2.24) is 4.98 Å². The van der Waals surface area contributed by atoms with Crippen molar-refractivity contribution in [3.05, 3.63) is 45.9 Å². The average Bonchev–Trinajstić information content (AvgIpc) is 2.93. The highest BCUT2D eigenvalue weighted by molar-refractivity contribution is 7.11. The number of nitrogens with one attached hydrogen (secondary N) is 1. The predicted molar refractivity (Wildman–Crippen MR) is 85.9 cm³/mol. The van der Waals surface area contributed by atoms with Gasteiger partial charge in [-0.25, -0.2) is 9.78 Å². The summed E-state index contributed by atoms with van der Waals surface area (Å²) in [6.45, 7) is 7.09. The fraction of sp³-hybridized carbons (Fsp3) is 0.375. The van der Waals surface area contributed by atoms with Gasteiger partial charge in [-0.1, -0.05) is 32.9 Å². The number of ether oxygens (including phenoxy) is 1. The third-order valence-corrected chi connectivity index (χ3v) is 4.40. The number of thiazole rings is 1. The van der Waals surface area contributed by atoms with Gasteiger partial charge in [-0.3, -0.25) is 0 Å². The van der Waals surface area contributed by atoms with Gasteiger partial charge in [0.1, 0.15) is 0 Å². The molecule has 112 valence electrons. The fourth-order valence-corrected chi connectivity index (χ4v) is 2.75. The van der Waals surface area contributed by atoms with Gasteiger partial charge in [-0.2, -0.15) is 0 Å². The van der Waals surface area contributed by atoms with Crippen LogP contribution in [0.1, 0.15) is 41.0 Å². The largest absolute Gasteiger partial charge is 0.465 e. The lowest BCUT2D eigenvalue weighted by molar-refractivity contribution is 0.0602. The summed E-state index contributed by atoms with van der Waals surface area (Å²) in [6, 6.07) is 7.34. The zero-order chi connectivity index (χ0) is 15.5. The summed E-state index contributed by atoms with van der Waals surface area (Å²) in [4.78, 5) is 17.3. The van der Waals surface area contributed by atoms with Crippen molar-refractivity contribution in [2.75, 3.05) is 12.4 Å². The van der Waals surface area contributed by atoms with E-state index >= 15 is 0 Å². The Kier molecular flexibility index (Phi) is 4.63. The van der Waals surface area contributed by atoms with Crippen LogP contribution >= 0.6 is 11.3 Å².